The molecular formula is C17H18N2O. The van der Waals surface area contributed by atoms with Crippen molar-refractivity contribution in [3.63, 3.8) is 0 Å². The largest absolute Gasteiger partial charge is 0.386 e. The first-order valence-electron chi connectivity index (χ1n) is 6.80. The van der Waals surface area contributed by atoms with Gasteiger partial charge in [-0.05, 0) is 29.3 Å². The first kappa shape index (κ1) is 12.9. The van der Waals surface area contributed by atoms with Gasteiger partial charge >= 0.3 is 0 Å². The Morgan fingerprint density at radius 1 is 1.15 bits per heavy atom. The summed E-state index contributed by atoms with van der Waals surface area (Å²) < 4.78 is 1.76. The van der Waals surface area contributed by atoms with E-state index in [0.717, 1.165) is 17.0 Å². The second-order valence-electron chi connectivity index (χ2n) is 5.19. The van der Waals surface area contributed by atoms with E-state index in [9.17, 15) is 5.11 Å². The number of nitrogens with zero attached hydrogens (tertiary/aromatic N) is 2. The van der Waals surface area contributed by atoms with Gasteiger partial charge in [-0.2, -0.15) is 5.10 Å². The van der Waals surface area contributed by atoms with Crippen molar-refractivity contribution in [2.75, 3.05) is 0 Å². The Bertz CT molecular complexity index is 740. The van der Waals surface area contributed by atoms with E-state index in [1.54, 1.807) is 4.68 Å². The van der Waals surface area contributed by atoms with Crippen LogP contribution in [0.3, 0.4) is 0 Å². The Balaban J connectivity index is 1.95. The predicted octanol–water partition coefficient (Wildman–Crippen LogP) is 3.16. The van der Waals surface area contributed by atoms with Crippen LogP contribution >= 0.6 is 0 Å². The van der Waals surface area contributed by atoms with Crippen LogP contribution in [0.2, 0.25) is 0 Å². The molecule has 3 nitrogen and oxygen atoms in total. The quantitative estimate of drug-likeness (QED) is 0.790. The zero-order chi connectivity index (χ0) is 14.1. The van der Waals surface area contributed by atoms with E-state index >= 15 is 0 Å². The number of aliphatic hydroxyl groups is 1. The lowest BCUT2D eigenvalue weighted by atomic mass is 9.98. The van der Waals surface area contributed by atoms with Crippen molar-refractivity contribution in [3.05, 3.63) is 65.5 Å². The molecule has 0 aliphatic rings. The fourth-order valence-corrected chi connectivity index (χ4v) is 2.73. The number of rotatable bonds is 3. The SMILES string of the molecule is Cc1cc(C(O)Cc2cccc3ccccc23)n(C)n1. The van der Waals surface area contributed by atoms with Crippen LogP contribution < -0.4 is 0 Å². The molecule has 1 aromatic heterocycles. The van der Waals surface area contributed by atoms with Gasteiger partial charge in [0.05, 0.1) is 17.5 Å². The third-order valence-electron chi connectivity index (χ3n) is 3.67. The van der Waals surface area contributed by atoms with Gasteiger partial charge in [0.1, 0.15) is 0 Å². The molecule has 0 saturated carbocycles. The molecule has 0 saturated heterocycles. The highest BCUT2D eigenvalue weighted by Crippen LogP contribution is 2.24. The van der Waals surface area contributed by atoms with Gasteiger partial charge in [0.15, 0.2) is 0 Å². The summed E-state index contributed by atoms with van der Waals surface area (Å²) in [5.41, 5.74) is 2.95. The highest BCUT2D eigenvalue weighted by atomic mass is 16.3. The fourth-order valence-electron chi connectivity index (χ4n) is 2.73. The molecule has 1 atom stereocenters. The molecule has 3 rings (SSSR count). The van der Waals surface area contributed by atoms with E-state index in [1.165, 1.54) is 10.8 Å². The maximum absolute atomic E-state index is 10.5. The summed E-state index contributed by atoms with van der Waals surface area (Å²) >= 11 is 0. The molecule has 1 unspecified atom stereocenters. The van der Waals surface area contributed by atoms with Crippen molar-refractivity contribution in [2.24, 2.45) is 7.05 Å². The lowest BCUT2D eigenvalue weighted by Gasteiger charge is -2.13. The molecule has 0 amide bonds. The molecule has 0 aliphatic heterocycles. The zero-order valence-corrected chi connectivity index (χ0v) is 11.7. The minimum absolute atomic E-state index is 0.535. The lowest BCUT2D eigenvalue weighted by molar-refractivity contribution is 0.169. The molecule has 0 bridgehead atoms. The number of fused-ring (bicyclic) bond motifs is 1. The standard InChI is InChI=1S/C17H18N2O/c1-12-10-16(19(2)18-12)17(20)11-14-8-5-7-13-6-3-4-9-15(13)14/h3-10,17,20H,11H2,1-2H3. The Morgan fingerprint density at radius 3 is 2.65 bits per heavy atom. The molecular weight excluding hydrogens is 248 g/mol. The van der Waals surface area contributed by atoms with E-state index < -0.39 is 6.10 Å². The summed E-state index contributed by atoms with van der Waals surface area (Å²) in [6.45, 7) is 1.94. The van der Waals surface area contributed by atoms with Crippen LogP contribution in [0.5, 0.6) is 0 Å². The van der Waals surface area contributed by atoms with Crippen LogP contribution in [0.25, 0.3) is 10.8 Å². The molecule has 1 N–H and O–H groups in total. The van der Waals surface area contributed by atoms with E-state index in [0.29, 0.717) is 6.42 Å². The van der Waals surface area contributed by atoms with Crippen LogP contribution in [-0.2, 0) is 13.5 Å². The Morgan fingerprint density at radius 2 is 1.90 bits per heavy atom. The predicted molar refractivity (Wildman–Crippen MR) is 80.6 cm³/mol. The normalized spacial score (nSPS) is 12.8. The average Bonchev–Trinajstić information content (AvgIpc) is 2.78. The van der Waals surface area contributed by atoms with Crippen LogP contribution in [-0.4, -0.2) is 14.9 Å². The van der Waals surface area contributed by atoms with Crippen molar-refractivity contribution >= 4 is 10.8 Å². The Labute approximate surface area is 118 Å². The molecule has 0 spiro atoms. The monoisotopic (exact) mass is 266 g/mol. The smallest absolute Gasteiger partial charge is 0.0997 e. The average molecular weight is 266 g/mol. The third kappa shape index (κ3) is 2.32. The Hall–Kier alpha value is -2.13. The zero-order valence-electron chi connectivity index (χ0n) is 11.7. The van der Waals surface area contributed by atoms with Crippen molar-refractivity contribution in [2.45, 2.75) is 19.4 Å². The Kier molecular flexibility index (Phi) is 3.28. The summed E-state index contributed by atoms with van der Waals surface area (Å²) in [5, 5.41) is 17.2. The molecule has 3 aromatic rings. The highest BCUT2D eigenvalue weighted by Gasteiger charge is 2.14. The van der Waals surface area contributed by atoms with Gasteiger partial charge in [-0.1, -0.05) is 42.5 Å². The molecule has 0 radical (unpaired) electrons. The molecule has 0 fully saturated rings. The number of hydrogen-bond acceptors (Lipinski definition) is 2. The van der Waals surface area contributed by atoms with Crippen molar-refractivity contribution in [3.8, 4) is 0 Å². The van der Waals surface area contributed by atoms with Crippen molar-refractivity contribution in [1.82, 2.24) is 9.78 Å². The minimum atomic E-state index is -0.535. The summed E-state index contributed by atoms with van der Waals surface area (Å²) in [5.74, 6) is 0. The highest BCUT2D eigenvalue weighted by molar-refractivity contribution is 5.85. The van der Waals surface area contributed by atoms with Crippen molar-refractivity contribution in [1.29, 1.82) is 0 Å². The van der Waals surface area contributed by atoms with Crippen LogP contribution in [0.4, 0.5) is 0 Å². The van der Waals surface area contributed by atoms with E-state index in [4.69, 9.17) is 0 Å². The summed E-state index contributed by atoms with van der Waals surface area (Å²) in [4.78, 5) is 0. The number of hydrogen-bond donors (Lipinski definition) is 1. The molecule has 1 heterocycles. The number of aromatic nitrogens is 2. The first-order chi connectivity index (χ1) is 9.65. The van der Waals surface area contributed by atoms with Gasteiger partial charge in [-0.15, -0.1) is 0 Å². The van der Waals surface area contributed by atoms with Crippen LogP contribution in [0, 0.1) is 6.92 Å². The maximum Gasteiger partial charge on any atom is 0.0997 e. The van der Waals surface area contributed by atoms with Gasteiger partial charge in [-0.3, -0.25) is 4.68 Å². The third-order valence-corrected chi connectivity index (χ3v) is 3.67. The summed E-state index contributed by atoms with van der Waals surface area (Å²) in [7, 11) is 1.87. The topological polar surface area (TPSA) is 38.0 Å². The molecule has 0 aliphatic carbocycles. The van der Waals surface area contributed by atoms with Crippen LogP contribution in [0.1, 0.15) is 23.1 Å². The second kappa shape index (κ2) is 5.10. The molecule has 2 aromatic carbocycles. The van der Waals surface area contributed by atoms with Gasteiger partial charge in [-0.25, -0.2) is 0 Å². The van der Waals surface area contributed by atoms with E-state index in [1.807, 2.05) is 38.2 Å². The summed E-state index contributed by atoms with van der Waals surface area (Å²) in [6.07, 6.45) is 0.0624. The maximum atomic E-state index is 10.5. The molecule has 20 heavy (non-hydrogen) atoms. The number of aryl methyl sites for hydroxylation is 2. The number of benzene rings is 2. The van der Waals surface area contributed by atoms with Gasteiger partial charge in [0, 0.05) is 13.5 Å². The summed E-state index contributed by atoms with van der Waals surface area (Å²) in [6, 6.07) is 16.4. The number of aliphatic hydroxyl groups excluding tert-OH is 1. The van der Waals surface area contributed by atoms with E-state index in [-0.39, 0.29) is 0 Å². The fraction of sp³-hybridized carbons (Fsp3) is 0.235. The first-order valence-corrected chi connectivity index (χ1v) is 6.80. The minimum Gasteiger partial charge on any atom is -0.386 e. The van der Waals surface area contributed by atoms with Gasteiger partial charge in [0.25, 0.3) is 0 Å². The van der Waals surface area contributed by atoms with E-state index in [2.05, 4.69) is 29.4 Å². The second-order valence-corrected chi connectivity index (χ2v) is 5.19. The lowest BCUT2D eigenvalue weighted by Crippen LogP contribution is -2.08. The molecule has 3 heteroatoms. The van der Waals surface area contributed by atoms with Crippen LogP contribution in [0.15, 0.2) is 48.5 Å². The molecule has 102 valence electrons. The van der Waals surface area contributed by atoms with Gasteiger partial charge < -0.3 is 5.11 Å². The van der Waals surface area contributed by atoms with Crippen molar-refractivity contribution < 1.29 is 5.11 Å². The van der Waals surface area contributed by atoms with Gasteiger partial charge in [0.2, 0.25) is 0 Å².